The molecule has 0 atom stereocenters. The van der Waals surface area contributed by atoms with E-state index >= 15 is 0 Å². The van der Waals surface area contributed by atoms with Crippen molar-refractivity contribution in [2.24, 2.45) is 7.05 Å². The number of hydrogen-bond acceptors (Lipinski definition) is 7. The average Bonchev–Trinajstić information content (AvgIpc) is 3.14. The quantitative estimate of drug-likeness (QED) is 0.213. The van der Waals surface area contributed by atoms with Crippen molar-refractivity contribution >= 4 is 34.1 Å². The van der Waals surface area contributed by atoms with Crippen LogP contribution >= 0.6 is 11.8 Å². The number of aryl methyl sites for hydroxylation is 1. The second-order valence-corrected chi connectivity index (χ2v) is 6.98. The van der Waals surface area contributed by atoms with Gasteiger partial charge in [-0.25, -0.2) is 0 Å². The Hall–Kier alpha value is -3.40. The van der Waals surface area contributed by atoms with Gasteiger partial charge in [0.05, 0.1) is 22.4 Å². The third kappa shape index (κ3) is 3.07. The lowest BCUT2D eigenvalue weighted by Crippen LogP contribution is -2.20. The normalized spacial score (nSPS) is 11.2. The van der Waals surface area contributed by atoms with Crippen LogP contribution < -0.4 is 10.3 Å². The molecule has 4 rings (SSSR count). The number of nitro benzene ring substituents is 1. The van der Waals surface area contributed by atoms with Crippen LogP contribution in [0.2, 0.25) is 0 Å². The first-order chi connectivity index (χ1) is 13.6. The van der Waals surface area contributed by atoms with E-state index in [0.29, 0.717) is 22.1 Å². The summed E-state index contributed by atoms with van der Waals surface area (Å²) in [4.78, 5) is 23.0. The molecule has 10 heteroatoms. The van der Waals surface area contributed by atoms with Crippen LogP contribution in [-0.4, -0.2) is 36.4 Å². The van der Waals surface area contributed by atoms with E-state index in [4.69, 9.17) is 4.74 Å². The first-order valence-corrected chi connectivity index (χ1v) is 9.38. The fourth-order valence-electron chi connectivity index (χ4n) is 2.92. The average molecular weight is 397 g/mol. The van der Waals surface area contributed by atoms with E-state index in [2.05, 4.69) is 10.2 Å². The van der Waals surface area contributed by atoms with Gasteiger partial charge in [-0.2, -0.15) is 0 Å². The summed E-state index contributed by atoms with van der Waals surface area (Å²) in [6, 6.07) is 13.5. The molecule has 142 valence electrons. The molecule has 4 aromatic rings. The van der Waals surface area contributed by atoms with Gasteiger partial charge in [-0.15, -0.1) is 10.2 Å². The van der Waals surface area contributed by atoms with Gasteiger partial charge in [0.2, 0.25) is 5.78 Å². The highest BCUT2D eigenvalue weighted by Crippen LogP contribution is 2.26. The molecule has 0 N–H and O–H groups in total. The summed E-state index contributed by atoms with van der Waals surface area (Å²) in [5.41, 5.74) is 0.529. The fourth-order valence-corrected chi connectivity index (χ4v) is 3.68. The Kier molecular flexibility index (Phi) is 4.70. The molecule has 0 spiro atoms. The van der Waals surface area contributed by atoms with Crippen molar-refractivity contribution in [3.05, 3.63) is 69.0 Å². The van der Waals surface area contributed by atoms with E-state index < -0.39 is 4.92 Å². The maximum atomic E-state index is 12.5. The van der Waals surface area contributed by atoms with Crippen molar-refractivity contribution in [2.45, 2.75) is 5.16 Å². The molecule has 0 amide bonds. The molecule has 2 aromatic heterocycles. The van der Waals surface area contributed by atoms with E-state index in [9.17, 15) is 14.9 Å². The Morgan fingerprint density at radius 3 is 2.71 bits per heavy atom. The van der Waals surface area contributed by atoms with Crippen molar-refractivity contribution in [2.75, 3.05) is 12.4 Å². The second kappa shape index (κ2) is 7.31. The van der Waals surface area contributed by atoms with Crippen LogP contribution in [0.3, 0.4) is 0 Å². The molecule has 0 saturated carbocycles. The molecule has 0 fully saturated rings. The zero-order valence-electron chi connectivity index (χ0n) is 14.8. The lowest BCUT2D eigenvalue weighted by atomic mass is 10.2. The van der Waals surface area contributed by atoms with E-state index in [0.717, 1.165) is 5.52 Å². The zero-order valence-corrected chi connectivity index (χ0v) is 15.6. The molecule has 2 heterocycles. The highest BCUT2D eigenvalue weighted by molar-refractivity contribution is 7.99. The largest absolute Gasteiger partial charge is 0.486 e. The zero-order chi connectivity index (χ0) is 19.7. The second-order valence-electron chi connectivity index (χ2n) is 5.92. The Morgan fingerprint density at radius 2 is 1.89 bits per heavy atom. The number of para-hydroxylation sites is 3. The molecule has 9 nitrogen and oxygen atoms in total. The molecule has 0 aliphatic rings. The van der Waals surface area contributed by atoms with Crippen LogP contribution in [0.1, 0.15) is 0 Å². The monoisotopic (exact) mass is 397 g/mol. The van der Waals surface area contributed by atoms with Gasteiger partial charge in [-0.1, -0.05) is 36.0 Å². The van der Waals surface area contributed by atoms with E-state index in [1.807, 2.05) is 22.6 Å². The minimum atomic E-state index is -0.471. The van der Waals surface area contributed by atoms with Gasteiger partial charge in [0.1, 0.15) is 0 Å². The van der Waals surface area contributed by atoms with Gasteiger partial charge in [0.25, 0.3) is 5.56 Å². The minimum Gasteiger partial charge on any atom is -0.486 e. The van der Waals surface area contributed by atoms with Gasteiger partial charge < -0.3 is 4.74 Å². The van der Waals surface area contributed by atoms with Crippen molar-refractivity contribution in [1.82, 2.24) is 19.2 Å². The molecule has 0 radical (unpaired) electrons. The molecule has 0 aliphatic carbocycles. The standard InChI is InChI=1S/C18H15N5O4S/c1-21-16(24)12-6-2-3-7-13(12)22-17(21)19-20-18(22)28-11-10-27-15-9-5-4-8-14(15)23(25)26/h2-9H,10-11H2,1H3. The number of aromatic nitrogens is 4. The smallest absolute Gasteiger partial charge is 0.310 e. The predicted octanol–water partition coefficient (Wildman–Crippen LogP) is 2.66. The van der Waals surface area contributed by atoms with E-state index in [1.54, 1.807) is 31.3 Å². The van der Waals surface area contributed by atoms with E-state index in [-0.39, 0.29) is 23.6 Å². The van der Waals surface area contributed by atoms with Crippen LogP contribution in [0.15, 0.2) is 58.5 Å². The van der Waals surface area contributed by atoms with E-state index in [1.165, 1.54) is 22.4 Å². The number of hydrogen-bond donors (Lipinski definition) is 0. The highest BCUT2D eigenvalue weighted by atomic mass is 32.2. The van der Waals surface area contributed by atoms with Crippen LogP contribution in [0.25, 0.3) is 16.7 Å². The number of fused-ring (bicyclic) bond motifs is 3. The summed E-state index contributed by atoms with van der Waals surface area (Å²) in [5.74, 6) is 1.18. The highest BCUT2D eigenvalue weighted by Gasteiger charge is 2.16. The summed E-state index contributed by atoms with van der Waals surface area (Å²) in [6.07, 6.45) is 0. The topological polar surface area (TPSA) is 105 Å². The number of ether oxygens (including phenoxy) is 1. The number of thioether (sulfide) groups is 1. The van der Waals surface area contributed by atoms with Gasteiger partial charge in [0, 0.05) is 18.9 Å². The lowest BCUT2D eigenvalue weighted by Gasteiger charge is -2.08. The summed E-state index contributed by atoms with van der Waals surface area (Å²) >= 11 is 1.40. The van der Waals surface area contributed by atoms with Crippen LogP contribution in [-0.2, 0) is 7.05 Å². The Labute approximate surface area is 162 Å². The molecule has 0 saturated heterocycles. The predicted molar refractivity (Wildman–Crippen MR) is 105 cm³/mol. The van der Waals surface area contributed by atoms with Crippen LogP contribution in [0, 0.1) is 10.1 Å². The van der Waals surface area contributed by atoms with Crippen molar-refractivity contribution in [3.63, 3.8) is 0 Å². The van der Waals surface area contributed by atoms with Crippen molar-refractivity contribution in [3.8, 4) is 5.75 Å². The summed E-state index contributed by atoms with van der Waals surface area (Å²) in [7, 11) is 1.66. The van der Waals surface area contributed by atoms with Gasteiger partial charge in [-0.05, 0) is 18.2 Å². The summed E-state index contributed by atoms with van der Waals surface area (Å²) in [5, 5.41) is 20.6. The first kappa shape index (κ1) is 18.0. The fraction of sp³-hybridized carbons (Fsp3) is 0.167. The first-order valence-electron chi connectivity index (χ1n) is 8.40. The van der Waals surface area contributed by atoms with Crippen LogP contribution in [0.4, 0.5) is 5.69 Å². The van der Waals surface area contributed by atoms with Crippen LogP contribution in [0.5, 0.6) is 5.75 Å². The Morgan fingerprint density at radius 1 is 1.14 bits per heavy atom. The van der Waals surface area contributed by atoms with Crippen molar-refractivity contribution < 1.29 is 9.66 Å². The maximum Gasteiger partial charge on any atom is 0.310 e. The number of nitrogens with zero attached hydrogens (tertiary/aromatic N) is 5. The van der Waals surface area contributed by atoms with Gasteiger partial charge >= 0.3 is 5.69 Å². The molecule has 0 aliphatic heterocycles. The Bertz CT molecular complexity index is 1250. The summed E-state index contributed by atoms with van der Waals surface area (Å²) in [6.45, 7) is 0.258. The molecule has 2 aromatic carbocycles. The van der Waals surface area contributed by atoms with Crippen molar-refractivity contribution in [1.29, 1.82) is 0 Å². The number of nitro groups is 1. The third-order valence-electron chi connectivity index (χ3n) is 4.23. The van der Waals surface area contributed by atoms with Gasteiger partial charge in [-0.3, -0.25) is 23.9 Å². The molecule has 0 bridgehead atoms. The number of rotatable bonds is 6. The summed E-state index contributed by atoms with van der Waals surface area (Å²) < 4.78 is 8.85. The minimum absolute atomic E-state index is 0.0681. The SMILES string of the molecule is Cn1c(=O)c2ccccc2n2c(SCCOc3ccccc3[N+](=O)[O-])nnc12. The number of benzene rings is 2. The third-order valence-corrected chi connectivity index (χ3v) is 5.12. The molecule has 28 heavy (non-hydrogen) atoms. The Balaban J connectivity index is 1.57. The van der Waals surface area contributed by atoms with Gasteiger partial charge in [0.15, 0.2) is 10.9 Å². The lowest BCUT2D eigenvalue weighted by molar-refractivity contribution is -0.385. The molecule has 0 unspecified atom stereocenters. The molecular weight excluding hydrogens is 382 g/mol. The maximum absolute atomic E-state index is 12.5. The molecular formula is C18H15N5O4S.